The van der Waals surface area contributed by atoms with Gasteiger partial charge in [-0.15, -0.1) is 0 Å². The summed E-state index contributed by atoms with van der Waals surface area (Å²) in [5.41, 5.74) is 1.55. The van der Waals surface area contributed by atoms with Gasteiger partial charge < -0.3 is 14.2 Å². The molecule has 0 unspecified atom stereocenters. The molecule has 1 saturated heterocycles. The summed E-state index contributed by atoms with van der Waals surface area (Å²) in [4.78, 5) is 50.6. The number of non-ortho nitro benzene ring substituents is 1. The van der Waals surface area contributed by atoms with Crippen molar-refractivity contribution in [3.05, 3.63) is 126 Å². The van der Waals surface area contributed by atoms with Gasteiger partial charge in [0.05, 0.1) is 21.7 Å². The molecular formula is C33H24BrCl2N3O8. The van der Waals surface area contributed by atoms with E-state index < -0.39 is 22.8 Å². The van der Waals surface area contributed by atoms with E-state index in [0.29, 0.717) is 42.9 Å². The molecule has 47 heavy (non-hydrogen) atoms. The molecule has 11 nitrogen and oxygen atoms in total. The highest BCUT2D eigenvalue weighted by Gasteiger charge is 2.37. The first-order chi connectivity index (χ1) is 22.5. The van der Waals surface area contributed by atoms with Crippen LogP contribution in [-0.4, -0.2) is 29.4 Å². The average Bonchev–Trinajstić information content (AvgIpc) is 3.03. The van der Waals surface area contributed by atoms with Crippen LogP contribution in [0.15, 0.2) is 88.9 Å². The van der Waals surface area contributed by atoms with E-state index in [1.54, 1.807) is 61.5 Å². The van der Waals surface area contributed by atoms with Crippen LogP contribution in [0, 0.1) is 10.1 Å². The van der Waals surface area contributed by atoms with Crippen molar-refractivity contribution < 1.29 is 33.5 Å². The number of hydrogen-bond donors (Lipinski definition) is 1. The molecule has 1 heterocycles. The molecule has 0 atom stereocenters. The van der Waals surface area contributed by atoms with Gasteiger partial charge in [-0.2, -0.15) is 0 Å². The fraction of sp³-hybridized carbons (Fsp3) is 0.121. The van der Waals surface area contributed by atoms with E-state index in [-0.39, 0.29) is 36.8 Å². The minimum Gasteiger partial charge on any atom is -0.490 e. The van der Waals surface area contributed by atoms with Crippen molar-refractivity contribution in [3.8, 4) is 17.2 Å². The van der Waals surface area contributed by atoms with Crippen LogP contribution in [0.3, 0.4) is 0 Å². The number of nitro groups is 1. The fourth-order valence-corrected chi connectivity index (χ4v) is 5.58. The summed E-state index contributed by atoms with van der Waals surface area (Å²) in [6.45, 7) is 2.22. The van der Waals surface area contributed by atoms with E-state index in [1.165, 1.54) is 30.3 Å². The molecule has 4 aromatic rings. The first-order valence-corrected chi connectivity index (χ1v) is 15.5. The number of carbonyl (C=O) groups is 3. The van der Waals surface area contributed by atoms with E-state index in [9.17, 15) is 24.5 Å². The molecule has 5 rings (SSSR count). The predicted octanol–water partition coefficient (Wildman–Crippen LogP) is 7.89. The Bertz CT molecular complexity index is 1920. The highest BCUT2D eigenvalue weighted by molar-refractivity contribution is 9.10. The number of anilines is 1. The Hall–Kier alpha value is -4.91. The third-order valence-electron chi connectivity index (χ3n) is 6.75. The number of nitro benzene ring substituents is 1. The van der Waals surface area contributed by atoms with Crippen molar-refractivity contribution >= 4 is 74.4 Å². The van der Waals surface area contributed by atoms with Crippen LogP contribution in [0.2, 0.25) is 10.0 Å². The van der Waals surface area contributed by atoms with Crippen LogP contribution in [0.5, 0.6) is 17.2 Å². The molecule has 0 saturated carbocycles. The summed E-state index contributed by atoms with van der Waals surface area (Å²) in [6.07, 6.45) is 1.34. The molecule has 1 fully saturated rings. The molecule has 1 aliphatic heterocycles. The Balaban J connectivity index is 1.35. The molecule has 14 heteroatoms. The van der Waals surface area contributed by atoms with Crippen molar-refractivity contribution in [3.63, 3.8) is 0 Å². The zero-order valence-corrected chi connectivity index (χ0v) is 27.6. The van der Waals surface area contributed by atoms with Gasteiger partial charge in [0.2, 0.25) is 0 Å². The van der Waals surface area contributed by atoms with E-state index >= 15 is 0 Å². The highest BCUT2D eigenvalue weighted by Crippen LogP contribution is 2.38. The molecule has 0 aromatic heterocycles. The van der Waals surface area contributed by atoms with Crippen molar-refractivity contribution in [2.75, 3.05) is 11.5 Å². The molecular weight excluding hydrogens is 717 g/mol. The number of benzene rings is 4. The minimum absolute atomic E-state index is 0.0114. The normalized spacial score (nSPS) is 13.8. The maximum absolute atomic E-state index is 13.5. The van der Waals surface area contributed by atoms with Gasteiger partial charge in [-0.05, 0) is 88.6 Å². The van der Waals surface area contributed by atoms with Crippen molar-refractivity contribution in [2.24, 2.45) is 0 Å². The zero-order valence-electron chi connectivity index (χ0n) is 24.5. The SMILES string of the molecule is CCOc1cc(/C=C2\C(=O)NC(=O)N(c3ccc(OCc4ccc(Cl)cc4Cl)cc3)C2=O)cc(Br)c1OCc1cccc([N+](=O)[O-])c1. The average molecular weight is 741 g/mol. The van der Waals surface area contributed by atoms with Gasteiger partial charge in [-0.1, -0.05) is 41.4 Å². The summed E-state index contributed by atoms with van der Waals surface area (Å²) in [6, 6.07) is 19.6. The Morgan fingerprint density at radius 2 is 1.70 bits per heavy atom. The van der Waals surface area contributed by atoms with Crippen molar-refractivity contribution in [1.29, 1.82) is 0 Å². The first-order valence-electron chi connectivity index (χ1n) is 13.9. The van der Waals surface area contributed by atoms with Crippen LogP contribution in [-0.2, 0) is 22.8 Å². The van der Waals surface area contributed by atoms with Gasteiger partial charge in [0, 0.05) is 27.7 Å². The topological polar surface area (TPSA) is 137 Å². The lowest BCUT2D eigenvalue weighted by molar-refractivity contribution is -0.384. The number of nitrogens with zero attached hydrogens (tertiary/aromatic N) is 2. The zero-order chi connectivity index (χ0) is 33.7. The van der Waals surface area contributed by atoms with Gasteiger partial charge in [-0.3, -0.25) is 25.0 Å². The minimum atomic E-state index is -0.903. The third kappa shape index (κ3) is 7.91. The Kier molecular flexibility index (Phi) is 10.4. The smallest absolute Gasteiger partial charge is 0.335 e. The number of amides is 4. The Labute approximate surface area is 286 Å². The monoisotopic (exact) mass is 739 g/mol. The molecule has 0 radical (unpaired) electrons. The van der Waals surface area contributed by atoms with E-state index in [2.05, 4.69) is 21.2 Å². The van der Waals surface area contributed by atoms with Gasteiger partial charge in [0.1, 0.15) is 24.5 Å². The standard InChI is InChI=1S/C33H24BrCl2N3O8/c1-2-45-29-15-20(14-27(34)30(29)47-17-19-4-3-5-24(12-19)39(43)44)13-26-31(40)37-33(42)38(32(26)41)23-8-10-25(11-9-23)46-18-21-6-7-22(35)16-28(21)36/h3-16H,2,17-18H2,1H3,(H,37,40,42)/b26-13+. The second kappa shape index (κ2) is 14.7. The maximum atomic E-state index is 13.5. The molecule has 0 spiro atoms. The highest BCUT2D eigenvalue weighted by atomic mass is 79.9. The lowest BCUT2D eigenvalue weighted by Gasteiger charge is -2.26. The third-order valence-corrected chi connectivity index (χ3v) is 7.93. The first kappa shape index (κ1) is 33.5. The summed E-state index contributed by atoms with van der Waals surface area (Å²) in [5, 5.41) is 14.3. The van der Waals surface area contributed by atoms with Crippen LogP contribution in [0.1, 0.15) is 23.6 Å². The largest absolute Gasteiger partial charge is 0.490 e. The van der Waals surface area contributed by atoms with E-state index in [4.69, 9.17) is 37.4 Å². The van der Waals surface area contributed by atoms with Gasteiger partial charge >= 0.3 is 6.03 Å². The maximum Gasteiger partial charge on any atom is 0.335 e. The quantitative estimate of drug-likeness (QED) is 0.0710. The van der Waals surface area contributed by atoms with E-state index in [0.717, 1.165) is 10.5 Å². The lowest BCUT2D eigenvalue weighted by Crippen LogP contribution is -2.54. The summed E-state index contributed by atoms with van der Waals surface area (Å²) >= 11 is 15.6. The molecule has 240 valence electrons. The summed E-state index contributed by atoms with van der Waals surface area (Å²) in [5.74, 6) is -0.627. The molecule has 0 aliphatic carbocycles. The number of carbonyl (C=O) groups excluding carboxylic acids is 3. The summed E-state index contributed by atoms with van der Waals surface area (Å²) in [7, 11) is 0. The molecule has 0 bridgehead atoms. The second-order valence-electron chi connectivity index (χ2n) is 9.95. The number of halogens is 3. The molecule has 4 aromatic carbocycles. The number of urea groups is 1. The Morgan fingerprint density at radius 1 is 0.936 bits per heavy atom. The van der Waals surface area contributed by atoms with Crippen LogP contribution in [0.4, 0.5) is 16.2 Å². The van der Waals surface area contributed by atoms with Crippen LogP contribution < -0.4 is 24.4 Å². The second-order valence-corrected chi connectivity index (χ2v) is 11.7. The Morgan fingerprint density at radius 3 is 2.40 bits per heavy atom. The lowest BCUT2D eigenvalue weighted by atomic mass is 10.1. The number of imide groups is 2. The number of rotatable bonds is 11. The molecule has 1 N–H and O–H groups in total. The number of nitrogens with one attached hydrogen (secondary N) is 1. The van der Waals surface area contributed by atoms with Gasteiger partial charge in [-0.25, -0.2) is 9.69 Å². The molecule has 1 aliphatic rings. The number of ether oxygens (including phenoxy) is 3. The number of barbiturate groups is 1. The van der Waals surface area contributed by atoms with Gasteiger partial charge in [0.15, 0.2) is 11.5 Å². The molecule has 4 amide bonds. The van der Waals surface area contributed by atoms with Crippen molar-refractivity contribution in [1.82, 2.24) is 5.32 Å². The fourth-order valence-electron chi connectivity index (χ4n) is 4.54. The van der Waals surface area contributed by atoms with Gasteiger partial charge in [0.25, 0.3) is 17.5 Å². The predicted molar refractivity (Wildman–Crippen MR) is 179 cm³/mol. The van der Waals surface area contributed by atoms with Crippen LogP contribution in [0.25, 0.3) is 6.08 Å². The van der Waals surface area contributed by atoms with E-state index in [1.807, 2.05) is 0 Å². The van der Waals surface area contributed by atoms with Crippen molar-refractivity contribution in [2.45, 2.75) is 20.1 Å². The summed E-state index contributed by atoms with van der Waals surface area (Å²) < 4.78 is 17.9. The number of hydrogen-bond acceptors (Lipinski definition) is 8. The van der Waals surface area contributed by atoms with Crippen LogP contribution >= 0.6 is 39.1 Å².